The molecule has 0 heterocycles. The lowest BCUT2D eigenvalue weighted by molar-refractivity contribution is -0.129. The Morgan fingerprint density at radius 3 is 2.32 bits per heavy atom. The van der Waals surface area contributed by atoms with Gasteiger partial charge in [0.25, 0.3) is 5.91 Å². The largest absolute Gasteiger partial charge is 0.311 e. The molecule has 0 aromatic rings. The van der Waals surface area contributed by atoms with Crippen molar-refractivity contribution in [3.05, 3.63) is 11.3 Å². The Bertz CT molecular complexity index is 386. The topological polar surface area (TPSA) is 20.3 Å². The molecule has 0 radical (unpaired) electrons. The summed E-state index contributed by atoms with van der Waals surface area (Å²) in [5, 5.41) is 0. The number of hydrogen-bond donors (Lipinski definition) is 0. The Kier molecular flexibility index (Phi) is 5.36. The first kappa shape index (κ1) is 16.8. The van der Waals surface area contributed by atoms with Gasteiger partial charge in [0.2, 0.25) is 0 Å². The number of rotatable bonds is 3. The average molecular weight is 306 g/mol. The zero-order valence-corrected chi connectivity index (χ0v) is 14.3. The van der Waals surface area contributed by atoms with Crippen LogP contribution in [-0.4, -0.2) is 21.7 Å². The second kappa shape index (κ2) is 6.05. The van der Waals surface area contributed by atoms with Gasteiger partial charge in [-0.1, -0.05) is 49.5 Å². The van der Waals surface area contributed by atoms with Gasteiger partial charge in [-0.2, -0.15) is 0 Å². The summed E-state index contributed by atoms with van der Waals surface area (Å²) in [6, 6.07) is 0.0681. The summed E-state index contributed by atoms with van der Waals surface area (Å²) in [4.78, 5) is 13.1. The van der Waals surface area contributed by atoms with Gasteiger partial charge in [-0.3, -0.25) is 4.79 Å². The normalized spacial score (nSPS) is 23.2. The first-order valence-corrected chi connectivity index (χ1v) is 7.75. The van der Waals surface area contributed by atoms with E-state index < -0.39 is 4.84 Å². The maximum Gasteiger partial charge on any atom is 0.260 e. The van der Waals surface area contributed by atoms with E-state index in [0.717, 1.165) is 18.5 Å². The summed E-state index contributed by atoms with van der Waals surface area (Å²) in [5.74, 6) is 0.273. The quantitative estimate of drug-likeness (QED) is 0.689. The maximum atomic E-state index is 12.3. The molecule has 0 saturated carbocycles. The van der Waals surface area contributed by atoms with Crippen LogP contribution in [0.3, 0.4) is 0 Å². The number of amides is 1. The molecule has 0 aliphatic heterocycles. The monoisotopic (exact) mass is 305 g/mol. The van der Waals surface area contributed by atoms with Gasteiger partial charge < -0.3 is 4.90 Å². The van der Waals surface area contributed by atoms with Crippen LogP contribution in [0.15, 0.2) is 11.3 Å². The highest BCUT2D eigenvalue weighted by Crippen LogP contribution is 2.43. The molecule has 0 bridgehead atoms. The molecule has 0 aromatic carbocycles. The fourth-order valence-electron chi connectivity index (χ4n) is 3.01. The van der Waals surface area contributed by atoms with Crippen molar-refractivity contribution >= 4 is 29.1 Å². The SMILES string of the molecule is CC1=C(N(C(=O)C(Cl)Cl)C(C)C)CC(C)(C)CC1C. The molecular formula is C15H25Cl2NO. The molecular weight excluding hydrogens is 281 g/mol. The zero-order valence-electron chi connectivity index (χ0n) is 12.8. The minimum Gasteiger partial charge on any atom is -0.311 e. The molecule has 1 aliphatic carbocycles. The summed E-state index contributed by atoms with van der Waals surface area (Å²) in [5.41, 5.74) is 2.60. The third kappa shape index (κ3) is 3.88. The van der Waals surface area contributed by atoms with Gasteiger partial charge in [-0.05, 0) is 44.9 Å². The molecule has 2 nitrogen and oxygen atoms in total. The van der Waals surface area contributed by atoms with Crippen molar-refractivity contribution in [3.63, 3.8) is 0 Å². The molecule has 0 N–H and O–H groups in total. The first-order chi connectivity index (χ1) is 8.57. The standard InChI is InChI=1S/C15H25Cl2NO/c1-9(2)18(14(19)13(16)17)12-8-15(5,6)7-10(3)11(12)4/h9-10,13H,7-8H2,1-6H3. The Hall–Kier alpha value is -0.210. The second-order valence-electron chi connectivity index (χ2n) is 6.68. The highest BCUT2D eigenvalue weighted by atomic mass is 35.5. The molecule has 1 atom stereocenters. The maximum absolute atomic E-state index is 12.3. The minimum atomic E-state index is -0.997. The van der Waals surface area contributed by atoms with E-state index in [0.29, 0.717) is 5.92 Å². The van der Waals surface area contributed by atoms with Crippen LogP contribution in [0.1, 0.15) is 54.4 Å². The van der Waals surface area contributed by atoms with E-state index in [4.69, 9.17) is 23.2 Å². The number of nitrogens with zero attached hydrogens (tertiary/aromatic N) is 1. The highest BCUT2D eigenvalue weighted by molar-refractivity contribution is 6.53. The summed E-state index contributed by atoms with van der Waals surface area (Å²) < 4.78 is 0. The van der Waals surface area contributed by atoms with Crippen molar-refractivity contribution in [2.45, 2.75) is 65.3 Å². The van der Waals surface area contributed by atoms with E-state index in [-0.39, 0.29) is 17.4 Å². The van der Waals surface area contributed by atoms with E-state index in [2.05, 4.69) is 27.7 Å². The molecule has 0 fully saturated rings. The lowest BCUT2D eigenvalue weighted by Crippen LogP contribution is -2.43. The second-order valence-corrected chi connectivity index (χ2v) is 7.77. The third-order valence-electron chi connectivity index (χ3n) is 3.93. The van der Waals surface area contributed by atoms with Gasteiger partial charge in [0.15, 0.2) is 4.84 Å². The smallest absolute Gasteiger partial charge is 0.260 e. The number of alkyl halides is 2. The molecule has 1 aliphatic rings. The van der Waals surface area contributed by atoms with Crippen LogP contribution in [0.4, 0.5) is 0 Å². The fourth-order valence-corrected chi connectivity index (χ4v) is 3.22. The van der Waals surface area contributed by atoms with Crippen LogP contribution >= 0.6 is 23.2 Å². The third-order valence-corrected chi connectivity index (χ3v) is 4.30. The zero-order chi connectivity index (χ0) is 15.0. The highest BCUT2D eigenvalue weighted by Gasteiger charge is 2.36. The number of carbonyl (C=O) groups excluding carboxylic acids is 1. The lowest BCUT2D eigenvalue weighted by atomic mass is 9.71. The summed E-state index contributed by atoms with van der Waals surface area (Å²) in [6.07, 6.45) is 2.04. The molecule has 19 heavy (non-hydrogen) atoms. The van der Waals surface area contributed by atoms with Crippen LogP contribution < -0.4 is 0 Å². The van der Waals surface area contributed by atoms with Gasteiger partial charge in [-0.25, -0.2) is 0 Å². The summed E-state index contributed by atoms with van der Waals surface area (Å²) in [6.45, 7) is 12.8. The van der Waals surface area contributed by atoms with E-state index >= 15 is 0 Å². The number of carbonyl (C=O) groups is 1. The van der Waals surface area contributed by atoms with E-state index in [1.807, 2.05) is 13.8 Å². The van der Waals surface area contributed by atoms with Crippen LogP contribution in [0.5, 0.6) is 0 Å². The Morgan fingerprint density at radius 1 is 1.37 bits per heavy atom. The Morgan fingerprint density at radius 2 is 1.89 bits per heavy atom. The van der Waals surface area contributed by atoms with Crippen molar-refractivity contribution in [1.29, 1.82) is 0 Å². The van der Waals surface area contributed by atoms with Gasteiger partial charge in [0.05, 0.1) is 0 Å². The van der Waals surface area contributed by atoms with Crippen molar-refractivity contribution in [1.82, 2.24) is 4.90 Å². The van der Waals surface area contributed by atoms with Crippen molar-refractivity contribution in [3.8, 4) is 0 Å². The summed E-state index contributed by atoms with van der Waals surface area (Å²) in [7, 11) is 0. The molecule has 0 aromatic heterocycles. The number of allylic oxidation sites excluding steroid dienone is 2. The molecule has 110 valence electrons. The average Bonchev–Trinajstić information content (AvgIpc) is 2.23. The van der Waals surface area contributed by atoms with Crippen molar-refractivity contribution in [2.75, 3.05) is 0 Å². The van der Waals surface area contributed by atoms with Crippen LogP contribution in [0, 0.1) is 11.3 Å². The molecule has 0 spiro atoms. The number of halogens is 2. The predicted molar refractivity (Wildman–Crippen MR) is 82.4 cm³/mol. The Balaban J connectivity index is 3.21. The molecule has 1 unspecified atom stereocenters. The molecule has 1 rings (SSSR count). The molecule has 4 heteroatoms. The first-order valence-electron chi connectivity index (χ1n) is 6.87. The van der Waals surface area contributed by atoms with Gasteiger partial charge in [0, 0.05) is 11.7 Å². The van der Waals surface area contributed by atoms with Crippen LogP contribution in [0.25, 0.3) is 0 Å². The van der Waals surface area contributed by atoms with Gasteiger partial charge in [0.1, 0.15) is 0 Å². The van der Waals surface area contributed by atoms with Crippen molar-refractivity contribution in [2.24, 2.45) is 11.3 Å². The van der Waals surface area contributed by atoms with Crippen LogP contribution in [0.2, 0.25) is 0 Å². The minimum absolute atomic E-state index is 0.0681. The van der Waals surface area contributed by atoms with E-state index in [1.54, 1.807) is 4.90 Å². The number of hydrogen-bond acceptors (Lipinski definition) is 1. The van der Waals surface area contributed by atoms with E-state index in [9.17, 15) is 4.79 Å². The predicted octanol–water partition coefficient (Wildman–Crippen LogP) is 4.76. The van der Waals surface area contributed by atoms with Gasteiger partial charge in [-0.15, -0.1) is 0 Å². The molecule has 1 amide bonds. The fraction of sp³-hybridized carbons (Fsp3) is 0.800. The molecule has 0 saturated heterocycles. The van der Waals surface area contributed by atoms with Gasteiger partial charge >= 0.3 is 0 Å². The van der Waals surface area contributed by atoms with Crippen molar-refractivity contribution < 1.29 is 4.79 Å². The summed E-state index contributed by atoms with van der Waals surface area (Å²) >= 11 is 11.6. The Labute approximate surface area is 127 Å². The van der Waals surface area contributed by atoms with Crippen LogP contribution in [-0.2, 0) is 4.79 Å². The van der Waals surface area contributed by atoms with E-state index in [1.165, 1.54) is 5.57 Å². The lowest BCUT2D eigenvalue weighted by Gasteiger charge is -2.42.